The van der Waals surface area contributed by atoms with Crippen LogP contribution in [0.5, 0.6) is 0 Å². The van der Waals surface area contributed by atoms with Gasteiger partial charge < -0.3 is 19.4 Å². The Balaban J connectivity index is 2.17. The Labute approximate surface area is 155 Å². The highest BCUT2D eigenvalue weighted by Gasteiger charge is 2.52. The number of hydrogen-bond donors (Lipinski definition) is 1. The highest BCUT2D eigenvalue weighted by atomic mass is 35.5. The molecule has 1 aromatic rings. The third-order valence-electron chi connectivity index (χ3n) is 4.44. The summed E-state index contributed by atoms with van der Waals surface area (Å²) < 4.78 is 17.5. The highest BCUT2D eigenvalue weighted by molar-refractivity contribution is 6.63. The number of amides is 1. The minimum Gasteiger partial charge on any atom is -0.444 e. The Morgan fingerprint density at radius 2 is 1.76 bits per heavy atom. The van der Waals surface area contributed by atoms with Gasteiger partial charge in [-0.2, -0.15) is 0 Å². The number of alkyl carbamates (subject to hydrolysis) is 1. The molecule has 138 valence electrons. The van der Waals surface area contributed by atoms with Gasteiger partial charge in [-0.1, -0.05) is 17.7 Å². The molecule has 0 aromatic heterocycles. The van der Waals surface area contributed by atoms with Crippen LogP contribution in [0.25, 0.3) is 0 Å². The van der Waals surface area contributed by atoms with Crippen molar-refractivity contribution in [2.45, 2.75) is 71.8 Å². The van der Waals surface area contributed by atoms with Gasteiger partial charge in [-0.25, -0.2) is 4.79 Å². The molecule has 1 fully saturated rings. The molecule has 0 atom stereocenters. The largest absolute Gasteiger partial charge is 0.495 e. The second-order valence-corrected chi connectivity index (χ2v) is 8.72. The summed E-state index contributed by atoms with van der Waals surface area (Å²) >= 11 is 6.16. The molecule has 0 aliphatic carbocycles. The van der Waals surface area contributed by atoms with Gasteiger partial charge in [0, 0.05) is 11.6 Å². The van der Waals surface area contributed by atoms with Crippen molar-refractivity contribution in [3.63, 3.8) is 0 Å². The highest BCUT2D eigenvalue weighted by Crippen LogP contribution is 2.36. The van der Waals surface area contributed by atoms with E-state index >= 15 is 0 Å². The Bertz CT molecular complexity index is 639. The first kappa shape index (κ1) is 20.1. The SMILES string of the molecule is CC(C)(C)OC(=O)NCc1ccc(Cl)cc1B1OC(C)(C)C(C)(C)O1. The van der Waals surface area contributed by atoms with Crippen molar-refractivity contribution in [2.75, 3.05) is 0 Å². The van der Waals surface area contributed by atoms with E-state index in [0.29, 0.717) is 11.6 Å². The van der Waals surface area contributed by atoms with Gasteiger partial charge >= 0.3 is 13.2 Å². The standard InChI is InChI=1S/C18H27BClNO4/c1-16(2,3)23-15(22)21-11-12-8-9-13(20)10-14(12)19-24-17(4,5)18(6,7)25-19/h8-10H,11H2,1-7H3,(H,21,22). The van der Waals surface area contributed by atoms with Crippen LogP contribution in [0.3, 0.4) is 0 Å². The van der Waals surface area contributed by atoms with E-state index in [4.69, 9.17) is 25.6 Å². The fourth-order valence-electron chi connectivity index (χ4n) is 2.40. The van der Waals surface area contributed by atoms with Crippen molar-refractivity contribution in [2.24, 2.45) is 0 Å². The van der Waals surface area contributed by atoms with Gasteiger partial charge in [0.05, 0.1) is 11.2 Å². The monoisotopic (exact) mass is 367 g/mol. The van der Waals surface area contributed by atoms with E-state index in [9.17, 15) is 4.79 Å². The summed E-state index contributed by atoms with van der Waals surface area (Å²) in [4.78, 5) is 11.9. The predicted octanol–water partition coefficient (Wildman–Crippen LogP) is 3.66. The van der Waals surface area contributed by atoms with Crippen molar-refractivity contribution >= 4 is 30.3 Å². The average Bonchev–Trinajstić information content (AvgIpc) is 2.64. The van der Waals surface area contributed by atoms with Crippen LogP contribution in [0, 0.1) is 0 Å². The summed E-state index contributed by atoms with van der Waals surface area (Å²) in [6.07, 6.45) is -0.470. The van der Waals surface area contributed by atoms with Gasteiger partial charge in [-0.15, -0.1) is 0 Å². The van der Waals surface area contributed by atoms with Crippen LogP contribution < -0.4 is 10.8 Å². The summed E-state index contributed by atoms with van der Waals surface area (Å²) in [6, 6.07) is 5.46. The molecule has 0 spiro atoms. The summed E-state index contributed by atoms with van der Waals surface area (Å²) in [5.74, 6) is 0. The molecule has 25 heavy (non-hydrogen) atoms. The Morgan fingerprint density at radius 3 is 2.28 bits per heavy atom. The van der Waals surface area contributed by atoms with E-state index in [2.05, 4.69) is 5.32 Å². The zero-order chi connectivity index (χ0) is 19.0. The van der Waals surface area contributed by atoms with Crippen LogP contribution in [0.1, 0.15) is 54.0 Å². The van der Waals surface area contributed by atoms with E-state index in [-0.39, 0.29) is 0 Å². The fourth-order valence-corrected chi connectivity index (χ4v) is 2.58. The molecular weight excluding hydrogens is 340 g/mol. The van der Waals surface area contributed by atoms with Crippen LogP contribution in [0.2, 0.25) is 5.02 Å². The number of ether oxygens (including phenoxy) is 1. The number of carbonyl (C=O) groups is 1. The molecule has 1 amide bonds. The molecule has 1 saturated heterocycles. The molecular formula is C18H27BClNO4. The molecule has 1 aliphatic rings. The van der Waals surface area contributed by atoms with Crippen molar-refractivity contribution in [3.05, 3.63) is 28.8 Å². The molecule has 1 N–H and O–H groups in total. The van der Waals surface area contributed by atoms with Crippen LogP contribution in [0.15, 0.2) is 18.2 Å². The van der Waals surface area contributed by atoms with E-state index in [0.717, 1.165) is 11.0 Å². The summed E-state index contributed by atoms with van der Waals surface area (Å²) in [6.45, 7) is 13.8. The van der Waals surface area contributed by atoms with E-state index in [1.807, 2.05) is 60.6 Å². The number of hydrogen-bond acceptors (Lipinski definition) is 4. The quantitative estimate of drug-likeness (QED) is 0.828. The first-order chi connectivity index (χ1) is 11.3. The number of nitrogens with one attached hydrogen (secondary N) is 1. The second kappa shape index (κ2) is 6.82. The molecule has 1 aromatic carbocycles. The number of benzene rings is 1. The van der Waals surface area contributed by atoms with Gasteiger partial charge in [0.2, 0.25) is 0 Å². The summed E-state index contributed by atoms with van der Waals surface area (Å²) in [7, 11) is -0.542. The van der Waals surface area contributed by atoms with Gasteiger partial charge in [-0.3, -0.25) is 0 Å². The van der Waals surface area contributed by atoms with Crippen LogP contribution in [0.4, 0.5) is 4.79 Å². The normalized spacial score (nSPS) is 19.0. The average molecular weight is 368 g/mol. The minimum atomic E-state index is -0.543. The van der Waals surface area contributed by atoms with Crippen LogP contribution in [-0.4, -0.2) is 30.0 Å². The van der Waals surface area contributed by atoms with Gasteiger partial charge in [-0.05, 0) is 71.6 Å². The number of carbonyl (C=O) groups excluding carboxylic acids is 1. The summed E-state index contributed by atoms with van der Waals surface area (Å²) in [5, 5.41) is 3.35. The van der Waals surface area contributed by atoms with Crippen molar-refractivity contribution in [1.82, 2.24) is 5.32 Å². The minimum absolute atomic E-state index is 0.297. The molecule has 7 heteroatoms. The first-order valence-electron chi connectivity index (χ1n) is 8.41. The molecule has 1 heterocycles. The molecule has 1 aliphatic heterocycles. The van der Waals surface area contributed by atoms with Crippen molar-refractivity contribution in [3.8, 4) is 0 Å². The topological polar surface area (TPSA) is 56.8 Å². The Morgan fingerprint density at radius 1 is 1.20 bits per heavy atom. The van der Waals surface area contributed by atoms with E-state index in [1.165, 1.54) is 0 Å². The molecule has 0 unspecified atom stereocenters. The molecule has 0 saturated carbocycles. The van der Waals surface area contributed by atoms with E-state index in [1.54, 1.807) is 6.07 Å². The fraction of sp³-hybridized carbons (Fsp3) is 0.611. The van der Waals surface area contributed by atoms with Crippen LogP contribution >= 0.6 is 11.6 Å². The van der Waals surface area contributed by atoms with Crippen molar-refractivity contribution in [1.29, 1.82) is 0 Å². The van der Waals surface area contributed by atoms with Crippen molar-refractivity contribution < 1.29 is 18.8 Å². The van der Waals surface area contributed by atoms with Gasteiger partial charge in [0.15, 0.2) is 0 Å². The van der Waals surface area contributed by atoms with Crippen LogP contribution in [-0.2, 0) is 20.6 Å². The first-order valence-corrected chi connectivity index (χ1v) is 8.79. The maximum Gasteiger partial charge on any atom is 0.495 e. The third kappa shape index (κ3) is 4.90. The maximum absolute atomic E-state index is 11.9. The zero-order valence-electron chi connectivity index (χ0n) is 16.0. The Hall–Kier alpha value is -1.24. The maximum atomic E-state index is 11.9. The van der Waals surface area contributed by atoms with E-state index < -0.39 is 30.0 Å². The number of rotatable bonds is 3. The van der Waals surface area contributed by atoms with Gasteiger partial charge in [0.25, 0.3) is 0 Å². The Kier molecular flexibility index (Phi) is 5.48. The smallest absolute Gasteiger partial charge is 0.444 e. The lowest BCUT2D eigenvalue weighted by Gasteiger charge is -2.32. The predicted molar refractivity (Wildman–Crippen MR) is 100 cm³/mol. The number of halogens is 1. The lowest BCUT2D eigenvalue weighted by atomic mass is 9.76. The second-order valence-electron chi connectivity index (χ2n) is 8.29. The lowest BCUT2D eigenvalue weighted by molar-refractivity contribution is 0.00578. The molecule has 0 bridgehead atoms. The lowest BCUT2D eigenvalue weighted by Crippen LogP contribution is -2.41. The molecule has 5 nitrogen and oxygen atoms in total. The molecule has 0 radical (unpaired) electrons. The third-order valence-corrected chi connectivity index (χ3v) is 4.67. The van der Waals surface area contributed by atoms with Gasteiger partial charge in [0.1, 0.15) is 5.60 Å². The summed E-state index contributed by atoms with van der Waals surface area (Å²) in [5.41, 5.74) is 0.237. The zero-order valence-corrected chi connectivity index (χ0v) is 16.8. The molecule has 2 rings (SSSR count).